The first-order valence-corrected chi connectivity index (χ1v) is 25.7. The van der Waals surface area contributed by atoms with Gasteiger partial charge >= 0.3 is 0 Å². The highest BCUT2D eigenvalue weighted by Gasteiger charge is 2.49. The Morgan fingerprint density at radius 1 is 0.315 bits per heavy atom. The van der Waals surface area contributed by atoms with Gasteiger partial charge in [0.25, 0.3) is 0 Å². The Balaban J connectivity index is 0.940. The molecule has 0 atom stereocenters. The van der Waals surface area contributed by atoms with Crippen LogP contribution in [0.5, 0.6) is 0 Å². The van der Waals surface area contributed by atoms with Gasteiger partial charge in [0.05, 0.1) is 0 Å². The lowest BCUT2D eigenvalue weighted by Gasteiger charge is -2.32. The molecule has 3 aliphatic rings. The number of hydrogen-bond donors (Lipinski definition) is 0. The molecule has 3 aliphatic carbocycles. The van der Waals surface area contributed by atoms with E-state index in [0.717, 1.165) is 83.2 Å². The summed E-state index contributed by atoms with van der Waals surface area (Å²) in [5.74, 6) is 0. The molecule has 0 unspecified atom stereocenters. The lowest BCUT2D eigenvalue weighted by molar-refractivity contribution is 0.600. The Bertz CT molecular complexity index is 4590. The zero-order chi connectivity index (χ0) is 48.9. The van der Waals surface area contributed by atoms with Gasteiger partial charge in [0.15, 0.2) is 0 Å². The summed E-state index contributed by atoms with van der Waals surface area (Å²) in [6.45, 7) is 14.5. The molecule has 10 aromatic carbocycles. The molecule has 0 saturated heterocycles. The quantitative estimate of drug-likeness (QED) is 0.176. The van der Waals surface area contributed by atoms with Crippen molar-refractivity contribution in [2.75, 3.05) is 4.90 Å². The zero-order valence-electron chi connectivity index (χ0n) is 41.6. The van der Waals surface area contributed by atoms with Crippen molar-refractivity contribution in [1.82, 2.24) is 0 Å². The van der Waals surface area contributed by atoms with Crippen LogP contribution in [0.3, 0.4) is 0 Å². The molecule has 348 valence electrons. The van der Waals surface area contributed by atoms with Crippen LogP contribution in [-0.2, 0) is 16.2 Å². The van der Waals surface area contributed by atoms with Gasteiger partial charge in [0.1, 0.15) is 33.5 Å². The van der Waals surface area contributed by atoms with Crippen molar-refractivity contribution in [2.24, 2.45) is 0 Å². The highest BCUT2D eigenvalue weighted by molar-refractivity contribution is 6.22. The van der Waals surface area contributed by atoms with Gasteiger partial charge in [-0.25, -0.2) is 0 Å². The van der Waals surface area contributed by atoms with Gasteiger partial charge in [-0.1, -0.05) is 163 Å². The number of benzene rings is 10. The van der Waals surface area contributed by atoms with Crippen LogP contribution in [0.2, 0.25) is 0 Å². The number of rotatable bonds is 4. The Labute approximate surface area is 422 Å². The van der Waals surface area contributed by atoms with E-state index in [2.05, 4.69) is 228 Å². The van der Waals surface area contributed by atoms with Crippen molar-refractivity contribution < 1.29 is 13.3 Å². The molecule has 0 saturated carbocycles. The molecule has 0 fully saturated rings. The minimum Gasteiger partial charge on any atom is -0.456 e. The predicted octanol–water partition coefficient (Wildman–Crippen LogP) is 19.4. The molecule has 4 nitrogen and oxygen atoms in total. The molecular formula is C69H49NO3. The van der Waals surface area contributed by atoms with Crippen LogP contribution in [0.4, 0.5) is 17.1 Å². The van der Waals surface area contributed by atoms with Crippen molar-refractivity contribution >= 4 is 82.9 Å². The molecule has 0 aliphatic heterocycles. The van der Waals surface area contributed by atoms with Crippen molar-refractivity contribution in [3.05, 3.63) is 221 Å². The fourth-order valence-corrected chi connectivity index (χ4v) is 14.0. The summed E-state index contributed by atoms with van der Waals surface area (Å²) in [4.78, 5) is 2.48. The second-order valence-corrected chi connectivity index (χ2v) is 22.3. The maximum absolute atomic E-state index is 7.02. The molecule has 3 heterocycles. The Morgan fingerprint density at radius 2 is 0.808 bits per heavy atom. The van der Waals surface area contributed by atoms with E-state index in [4.69, 9.17) is 13.3 Å². The van der Waals surface area contributed by atoms with Gasteiger partial charge < -0.3 is 18.2 Å². The Kier molecular flexibility index (Phi) is 7.80. The molecule has 0 N–H and O–H groups in total. The van der Waals surface area contributed by atoms with E-state index in [1.165, 1.54) is 77.5 Å². The van der Waals surface area contributed by atoms with Gasteiger partial charge in [-0.2, -0.15) is 0 Å². The van der Waals surface area contributed by atoms with Crippen LogP contribution in [0.25, 0.3) is 110 Å². The largest absolute Gasteiger partial charge is 0.456 e. The van der Waals surface area contributed by atoms with Crippen molar-refractivity contribution in [3.63, 3.8) is 0 Å². The molecule has 0 bridgehead atoms. The molecule has 0 amide bonds. The van der Waals surface area contributed by atoms with Gasteiger partial charge in [-0.15, -0.1) is 0 Å². The smallest absolute Gasteiger partial charge is 0.144 e. The first kappa shape index (κ1) is 41.1. The molecule has 16 rings (SSSR count). The van der Waals surface area contributed by atoms with Crippen molar-refractivity contribution in [3.8, 4) is 44.5 Å². The number of anilines is 3. The Morgan fingerprint density at radius 3 is 1.52 bits per heavy atom. The number of fused-ring (bicyclic) bond motifs is 22. The summed E-state index contributed by atoms with van der Waals surface area (Å²) < 4.78 is 20.3. The SMILES string of the molecule is CC1(C)c2cc(N(c3ccc4c(c3)C(C)(C)c3c5c(c6oc7ccccc7c6c3-4)-c3ccccc3C5(C)C)c3ccc4oc5ccccc5c4c3)ccc2-c2c1cc(-c1ccccc1)c1oc3ccccc3c21. The minimum atomic E-state index is -0.357. The van der Waals surface area contributed by atoms with Crippen LogP contribution >= 0.6 is 0 Å². The van der Waals surface area contributed by atoms with E-state index >= 15 is 0 Å². The number of furan rings is 3. The van der Waals surface area contributed by atoms with E-state index in [0.29, 0.717) is 0 Å². The van der Waals surface area contributed by atoms with E-state index < -0.39 is 0 Å². The third kappa shape index (κ3) is 5.20. The Hall–Kier alpha value is -8.60. The van der Waals surface area contributed by atoms with Crippen LogP contribution in [0.1, 0.15) is 74.9 Å². The standard InChI is InChI=1S/C69H49NO3/c1-67(2)51-35-40(28-31-44(51)58-53(67)37-48(38-18-8-7-9-19-38)65-60(58)46-22-12-16-26-55(46)72-65)70(39-30-33-57-49(34-39)42-20-11-15-25-54(42)71-57)41-29-32-45-52(36-41)69(5,6)63-59(45)61-47-23-13-17-27-56(47)73-66(61)62-43-21-10-14-24-50(43)68(3,4)64(62)63/h7-37H,1-6H3. The summed E-state index contributed by atoms with van der Waals surface area (Å²) in [6.07, 6.45) is 0. The maximum Gasteiger partial charge on any atom is 0.144 e. The second-order valence-electron chi connectivity index (χ2n) is 22.3. The lowest BCUT2D eigenvalue weighted by Crippen LogP contribution is -2.24. The summed E-state index contributed by atoms with van der Waals surface area (Å²) >= 11 is 0. The molecular weight excluding hydrogens is 891 g/mol. The molecule has 3 aromatic heterocycles. The first-order chi connectivity index (χ1) is 35.5. The van der Waals surface area contributed by atoms with Crippen molar-refractivity contribution in [1.29, 1.82) is 0 Å². The van der Waals surface area contributed by atoms with Crippen LogP contribution in [-0.4, -0.2) is 0 Å². The normalized spacial score (nSPS) is 15.3. The number of hydrogen-bond acceptors (Lipinski definition) is 4. The third-order valence-electron chi connectivity index (χ3n) is 17.4. The summed E-state index contributed by atoms with van der Waals surface area (Å²) in [6, 6.07) is 68.7. The molecule has 4 heteroatoms. The van der Waals surface area contributed by atoms with Crippen LogP contribution in [0.15, 0.2) is 201 Å². The average Bonchev–Trinajstić information content (AvgIpc) is 4.23. The first-order valence-electron chi connectivity index (χ1n) is 25.7. The van der Waals surface area contributed by atoms with Gasteiger partial charge in [-0.05, 0) is 133 Å². The monoisotopic (exact) mass is 939 g/mol. The summed E-state index contributed by atoms with van der Waals surface area (Å²) in [7, 11) is 0. The second kappa shape index (κ2) is 13.9. The van der Waals surface area contributed by atoms with E-state index in [1.54, 1.807) is 0 Å². The van der Waals surface area contributed by atoms with Gasteiger partial charge in [-0.3, -0.25) is 0 Å². The van der Waals surface area contributed by atoms with E-state index in [-0.39, 0.29) is 16.2 Å². The fraction of sp³-hybridized carbons (Fsp3) is 0.130. The van der Waals surface area contributed by atoms with Gasteiger partial charge in [0, 0.05) is 76.8 Å². The lowest BCUT2D eigenvalue weighted by atomic mass is 9.72. The van der Waals surface area contributed by atoms with E-state index in [1.807, 2.05) is 6.07 Å². The van der Waals surface area contributed by atoms with Crippen LogP contribution < -0.4 is 4.90 Å². The molecule has 0 spiro atoms. The predicted molar refractivity (Wildman–Crippen MR) is 301 cm³/mol. The molecule has 73 heavy (non-hydrogen) atoms. The highest BCUT2D eigenvalue weighted by atomic mass is 16.3. The maximum atomic E-state index is 7.02. The number of nitrogens with zero attached hydrogens (tertiary/aromatic N) is 1. The topological polar surface area (TPSA) is 42.7 Å². The highest BCUT2D eigenvalue weighted by Crippen LogP contribution is 2.64. The average molecular weight is 940 g/mol. The summed E-state index contributed by atoms with van der Waals surface area (Å²) in [5, 5.41) is 6.89. The van der Waals surface area contributed by atoms with E-state index in [9.17, 15) is 0 Å². The molecule has 0 radical (unpaired) electrons. The minimum absolute atomic E-state index is 0.245. The summed E-state index contributed by atoms with van der Waals surface area (Å²) in [5.41, 5.74) is 25.7. The van der Waals surface area contributed by atoms with Gasteiger partial charge in [0.2, 0.25) is 0 Å². The van der Waals surface area contributed by atoms with Crippen LogP contribution in [0, 0.1) is 0 Å². The fourth-order valence-electron chi connectivity index (χ4n) is 14.0. The van der Waals surface area contributed by atoms with Crippen molar-refractivity contribution in [2.45, 2.75) is 57.8 Å². The number of para-hydroxylation sites is 3. The third-order valence-corrected chi connectivity index (χ3v) is 17.4. The zero-order valence-corrected chi connectivity index (χ0v) is 41.6. The molecule has 13 aromatic rings.